The highest BCUT2D eigenvalue weighted by atomic mass is 35.5. The van der Waals surface area contributed by atoms with Gasteiger partial charge in [0.05, 0.1) is 0 Å². The molecular formula is C17H14Cl3N5. The zero-order valence-corrected chi connectivity index (χ0v) is 15.4. The van der Waals surface area contributed by atoms with E-state index in [0.29, 0.717) is 38.1 Å². The lowest BCUT2D eigenvalue weighted by molar-refractivity contribution is 1.17. The molecule has 0 bridgehead atoms. The third-order valence-corrected chi connectivity index (χ3v) is 4.29. The number of aryl methyl sites for hydroxylation is 1. The van der Waals surface area contributed by atoms with E-state index in [1.165, 1.54) is 6.33 Å². The maximum atomic E-state index is 6.17. The van der Waals surface area contributed by atoms with Crippen LogP contribution in [-0.2, 0) is 0 Å². The zero-order chi connectivity index (χ0) is 18.0. The Hall–Kier alpha value is -2.21. The minimum atomic E-state index is 0.357. The molecule has 0 aliphatic carbocycles. The number of nitrogen functional groups attached to an aromatic ring is 1. The standard InChI is InChI=1S/C17H14Cl3N5/c1-9-2-3-12(7-14(9)20)24-16-15(21)17(23-8-22-16)25-13-5-10(18)4-11(19)6-13/h2-8H,21H2,1H3,(H2,22,23,24,25). The molecule has 5 nitrogen and oxygen atoms in total. The van der Waals surface area contributed by atoms with Crippen molar-refractivity contribution in [3.63, 3.8) is 0 Å². The Kier molecular flexibility index (Phi) is 5.18. The summed E-state index contributed by atoms with van der Waals surface area (Å²) in [7, 11) is 0. The second kappa shape index (κ2) is 7.35. The summed E-state index contributed by atoms with van der Waals surface area (Å²) < 4.78 is 0. The van der Waals surface area contributed by atoms with E-state index in [-0.39, 0.29) is 0 Å². The molecule has 0 aliphatic rings. The van der Waals surface area contributed by atoms with Crippen molar-refractivity contribution in [3.05, 3.63) is 63.4 Å². The van der Waals surface area contributed by atoms with Gasteiger partial charge in [-0.2, -0.15) is 0 Å². The Bertz CT molecular complexity index is 910. The third-order valence-electron chi connectivity index (χ3n) is 3.44. The second-order valence-corrected chi connectivity index (χ2v) is 6.64. The van der Waals surface area contributed by atoms with Crippen LogP contribution < -0.4 is 16.4 Å². The van der Waals surface area contributed by atoms with Crippen LogP contribution in [0.15, 0.2) is 42.7 Å². The summed E-state index contributed by atoms with van der Waals surface area (Å²) in [4.78, 5) is 8.35. The first-order valence-corrected chi connectivity index (χ1v) is 8.42. The molecule has 0 amide bonds. The van der Waals surface area contributed by atoms with E-state index in [2.05, 4.69) is 20.6 Å². The molecule has 25 heavy (non-hydrogen) atoms. The number of nitrogens with two attached hydrogens (primary N) is 1. The topological polar surface area (TPSA) is 75.9 Å². The molecule has 3 rings (SSSR count). The predicted molar refractivity (Wildman–Crippen MR) is 106 cm³/mol. The lowest BCUT2D eigenvalue weighted by atomic mass is 10.2. The monoisotopic (exact) mass is 393 g/mol. The largest absolute Gasteiger partial charge is 0.393 e. The van der Waals surface area contributed by atoms with Gasteiger partial charge < -0.3 is 16.4 Å². The van der Waals surface area contributed by atoms with Crippen molar-refractivity contribution in [3.8, 4) is 0 Å². The lowest BCUT2D eigenvalue weighted by Crippen LogP contribution is -2.05. The quantitative estimate of drug-likeness (QED) is 0.520. The normalized spacial score (nSPS) is 10.6. The minimum Gasteiger partial charge on any atom is -0.393 e. The summed E-state index contributed by atoms with van der Waals surface area (Å²) in [5.74, 6) is 0.902. The SMILES string of the molecule is Cc1ccc(Nc2ncnc(Nc3cc(Cl)cc(Cl)c3)c2N)cc1Cl. The van der Waals surface area contributed by atoms with Crippen molar-refractivity contribution in [2.45, 2.75) is 6.92 Å². The van der Waals surface area contributed by atoms with Crippen LogP contribution in [0.4, 0.5) is 28.7 Å². The fourth-order valence-electron chi connectivity index (χ4n) is 2.16. The molecule has 0 saturated heterocycles. The van der Waals surface area contributed by atoms with Crippen molar-refractivity contribution >= 4 is 63.5 Å². The maximum absolute atomic E-state index is 6.17. The van der Waals surface area contributed by atoms with Crippen LogP contribution in [0.1, 0.15) is 5.56 Å². The van der Waals surface area contributed by atoms with E-state index in [1.54, 1.807) is 18.2 Å². The smallest absolute Gasteiger partial charge is 0.159 e. The number of aromatic nitrogens is 2. The van der Waals surface area contributed by atoms with Gasteiger partial charge >= 0.3 is 0 Å². The number of hydrogen-bond donors (Lipinski definition) is 3. The molecule has 4 N–H and O–H groups in total. The average Bonchev–Trinajstić information content (AvgIpc) is 2.54. The Morgan fingerprint density at radius 3 is 2.04 bits per heavy atom. The number of rotatable bonds is 4. The van der Waals surface area contributed by atoms with Gasteiger partial charge in [-0.15, -0.1) is 0 Å². The second-order valence-electron chi connectivity index (χ2n) is 5.36. The first kappa shape index (κ1) is 17.6. The number of nitrogens with one attached hydrogen (secondary N) is 2. The van der Waals surface area contributed by atoms with Crippen LogP contribution in [0, 0.1) is 6.92 Å². The summed E-state index contributed by atoms with van der Waals surface area (Å²) in [5.41, 5.74) is 8.97. The Morgan fingerprint density at radius 2 is 1.44 bits per heavy atom. The van der Waals surface area contributed by atoms with Gasteiger partial charge in [-0.25, -0.2) is 9.97 Å². The zero-order valence-electron chi connectivity index (χ0n) is 13.1. The van der Waals surface area contributed by atoms with Crippen molar-refractivity contribution in [1.29, 1.82) is 0 Å². The van der Waals surface area contributed by atoms with Gasteiger partial charge in [0.25, 0.3) is 0 Å². The Morgan fingerprint density at radius 1 is 0.840 bits per heavy atom. The van der Waals surface area contributed by atoms with Crippen LogP contribution in [0.5, 0.6) is 0 Å². The number of benzene rings is 2. The fraction of sp³-hybridized carbons (Fsp3) is 0.0588. The molecular weight excluding hydrogens is 381 g/mol. The molecule has 128 valence electrons. The van der Waals surface area contributed by atoms with Gasteiger partial charge in [0.1, 0.15) is 12.0 Å². The molecule has 1 aromatic heterocycles. The van der Waals surface area contributed by atoms with Crippen LogP contribution in [0.25, 0.3) is 0 Å². The van der Waals surface area contributed by atoms with Gasteiger partial charge in [-0.1, -0.05) is 40.9 Å². The first-order valence-electron chi connectivity index (χ1n) is 7.29. The van der Waals surface area contributed by atoms with Crippen molar-refractivity contribution < 1.29 is 0 Å². The summed E-state index contributed by atoms with van der Waals surface area (Å²) >= 11 is 18.2. The van der Waals surface area contributed by atoms with Gasteiger partial charge in [0.2, 0.25) is 0 Å². The first-order chi connectivity index (χ1) is 11.9. The number of halogens is 3. The van der Waals surface area contributed by atoms with Crippen LogP contribution in [0.2, 0.25) is 15.1 Å². The Balaban J connectivity index is 1.87. The maximum Gasteiger partial charge on any atom is 0.159 e. The molecule has 0 radical (unpaired) electrons. The van der Waals surface area contributed by atoms with Crippen molar-refractivity contribution in [2.75, 3.05) is 16.4 Å². The number of nitrogens with zero attached hydrogens (tertiary/aromatic N) is 2. The third kappa shape index (κ3) is 4.25. The van der Waals surface area contributed by atoms with Crippen LogP contribution in [-0.4, -0.2) is 9.97 Å². The number of hydrogen-bond acceptors (Lipinski definition) is 5. The van der Waals surface area contributed by atoms with Gasteiger partial charge in [0.15, 0.2) is 11.6 Å². The summed E-state index contributed by atoms with van der Waals surface area (Å²) in [6.45, 7) is 1.93. The molecule has 2 aromatic carbocycles. The van der Waals surface area contributed by atoms with Gasteiger partial charge in [-0.3, -0.25) is 0 Å². The summed E-state index contributed by atoms with van der Waals surface area (Å²) in [5, 5.41) is 7.90. The molecule has 0 atom stereocenters. The summed E-state index contributed by atoms with van der Waals surface area (Å²) in [6, 6.07) is 10.7. The van der Waals surface area contributed by atoms with E-state index >= 15 is 0 Å². The molecule has 0 aliphatic heterocycles. The predicted octanol–water partition coefficient (Wildman–Crippen LogP) is 5.81. The van der Waals surface area contributed by atoms with E-state index in [0.717, 1.165) is 11.3 Å². The van der Waals surface area contributed by atoms with Gasteiger partial charge in [-0.05, 0) is 42.8 Å². The molecule has 1 heterocycles. The highest BCUT2D eigenvalue weighted by Crippen LogP contribution is 2.31. The van der Waals surface area contributed by atoms with Crippen molar-refractivity contribution in [1.82, 2.24) is 9.97 Å². The average molecular weight is 395 g/mol. The molecule has 8 heteroatoms. The molecule has 0 saturated carbocycles. The van der Waals surface area contributed by atoms with Crippen LogP contribution in [0.3, 0.4) is 0 Å². The molecule has 3 aromatic rings. The highest BCUT2D eigenvalue weighted by Gasteiger charge is 2.10. The van der Waals surface area contributed by atoms with Gasteiger partial charge in [0, 0.05) is 26.4 Å². The van der Waals surface area contributed by atoms with E-state index in [4.69, 9.17) is 40.5 Å². The molecule has 0 unspecified atom stereocenters. The fourth-order valence-corrected chi connectivity index (χ4v) is 2.87. The van der Waals surface area contributed by atoms with E-state index in [9.17, 15) is 0 Å². The lowest BCUT2D eigenvalue weighted by Gasteiger charge is -2.13. The van der Waals surface area contributed by atoms with E-state index < -0.39 is 0 Å². The molecule has 0 spiro atoms. The summed E-state index contributed by atoms with van der Waals surface area (Å²) in [6.07, 6.45) is 1.41. The van der Waals surface area contributed by atoms with Crippen molar-refractivity contribution in [2.24, 2.45) is 0 Å². The molecule has 0 fully saturated rings. The number of anilines is 5. The highest BCUT2D eigenvalue weighted by molar-refractivity contribution is 6.35. The van der Waals surface area contributed by atoms with E-state index in [1.807, 2.05) is 25.1 Å². The minimum absolute atomic E-state index is 0.357. The Labute approximate surface area is 160 Å². The van der Waals surface area contributed by atoms with Crippen LogP contribution >= 0.6 is 34.8 Å².